The molecule has 120 valence electrons. The van der Waals surface area contributed by atoms with E-state index in [9.17, 15) is 4.79 Å². The first-order valence-corrected chi connectivity index (χ1v) is 8.17. The maximum Gasteiger partial charge on any atom is 0.306 e. The number of nitrogens with zero attached hydrogens (tertiary/aromatic N) is 3. The molecule has 2 aliphatic rings. The zero-order valence-electron chi connectivity index (χ0n) is 13.1. The van der Waals surface area contributed by atoms with Gasteiger partial charge in [0.15, 0.2) is 0 Å². The van der Waals surface area contributed by atoms with E-state index in [-0.39, 0.29) is 5.92 Å². The molecule has 1 aromatic rings. The number of carbonyl (C=O) groups is 1. The zero-order valence-corrected chi connectivity index (χ0v) is 13.1. The van der Waals surface area contributed by atoms with Crippen LogP contribution in [-0.4, -0.2) is 47.2 Å². The minimum Gasteiger partial charge on any atom is -0.481 e. The van der Waals surface area contributed by atoms with Crippen LogP contribution in [0.5, 0.6) is 0 Å². The predicted molar refractivity (Wildman–Crippen MR) is 84.2 cm³/mol. The van der Waals surface area contributed by atoms with E-state index in [2.05, 4.69) is 15.2 Å². The first-order chi connectivity index (χ1) is 10.6. The van der Waals surface area contributed by atoms with Crippen LogP contribution < -0.4 is 10.2 Å². The van der Waals surface area contributed by atoms with Gasteiger partial charge >= 0.3 is 5.97 Å². The largest absolute Gasteiger partial charge is 0.481 e. The summed E-state index contributed by atoms with van der Waals surface area (Å²) in [6.45, 7) is 5.60. The topological polar surface area (TPSA) is 78.4 Å². The molecule has 0 unspecified atom stereocenters. The monoisotopic (exact) mass is 304 g/mol. The highest BCUT2D eigenvalue weighted by Crippen LogP contribution is 2.27. The maximum atomic E-state index is 11.1. The number of aryl methyl sites for hydroxylation is 1. The van der Waals surface area contributed by atoms with Crippen LogP contribution in [0.15, 0.2) is 6.07 Å². The number of aliphatic carboxylic acids is 1. The lowest BCUT2D eigenvalue weighted by Crippen LogP contribution is -2.37. The van der Waals surface area contributed by atoms with Crippen molar-refractivity contribution in [2.45, 2.75) is 38.5 Å². The van der Waals surface area contributed by atoms with Gasteiger partial charge in [0.05, 0.1) is 5.92 Å². The number of aromatic nitrogens is 2. The van der Waals surface area contributed by atoms with Gasteiger partial charge in [-0.15, -0.1) is 0 Å². The van der Waals surface area contributed by atoms with E-state index >= 15 is 0 Å². The molecule has 2 aliphatic heterocycles. The van der Waals surface area contributed by atoms with Crippen molar-refractivity contribution in [1.82, 2.24) is 15.3 Å². The Hall–Kier alpha value is -1.69. The number of hydrogen-bond donors (Lipinski definition) is 2. The number of hydrogen-bond acceptors (Lipinski definition) is 5. The summed E-state index contributed by atoms with van der Waals surface area (Å²) < 4.78 is 0. The molecule has 22 heavy (non-hydrogen) atoms. The molecule has 0 aliphatic carbocycles. The Kier molecular flexibility index (Phi) is 4.57. The Bertz CT molecular complexity index is 535. The second kappa shape index (κ2) is 6.60. The third-order valence-electron chi connectivity index (χ3n) is 4.73. The highest BCUT2D eigenvalue weighted by molar-refractivity contribution is 5.70. The van der Waals surface area contributed by atoms with Crippen LogP contribution in [0.4, 0.5) is 5.82 Å². The summed E-state index contributed by atoms with van der Waals surface area (Å²) in [5.74, 6) is 1.48. The average Bonchev–Trinajstić information content (AvgIpc) is 2.55. The van der Waals surface area contributed by atoms with E-state index in [4.69, 9.17) is 10.1 Å². The number of rotatable bonds is 3. The molecule has 6 heteroatoms. The van der Waals surface area contributed by atoms with Crippen LogP contribution in [0, 0.1) is 12.8 Å². The van der Waals surface area contributed by atoms with Crippen LogP contribution in [0.1, 0.15) is 43.1 Å². The van der Waals surface area contributed by atoms with Crippen molar-refractivity contribution in [2.75, 3.05) is 31.1 Å². The number of nitrogens with one attached hydrogen (secondary N) is 1. The van der Waals surface area contributed by atoms with Crippen molar-refractivity contribution in [3.8, 4) is 0 Å². The molecule has 6 nitrogen and oxygen atoms in total. The fourth-order valence-corrected chi connectivity index (χ4v) is 3.35. The fourth-order valence-electron chi connectivity index (χ4n) is 3.35. The predicted octanol–water partition coefficient (Wildman–Crippen LogP) is 1.55. The third-order valence-corrected chi connectivity index (χ3v) is 4.73. The van der Waals surface area contributed by atoms with Gasteiger partial charge in [-0.1, -0.05) is 0 Å². The van der Waals surface area contributed by atoms with Crippen molar-refractivity contribution in [1.29, 1.82) is 0 Å². The van der Waals surface area contributed by atoms with Crippen molar-refractivity contribution in [2.24, 2.45) is 5.92 Å². The van der Waals surface area contributed by atoms with Gasteiger partial charge in [-0.2, -0.15) is 0 Å². The first-order valence-electron chi connectivity index (χ1n) is 8.17. The van der Waals surface area contributed by atoms with E-state index in [0.29, 0.717) is 18.8 Å². The summed E-state index contributed by atoms with van der Waals surface area (Å²) in [5.41, 5.74) is 0.999. The standard InChI is InChI=1S/C16H24N4O2/c1-11-10-14(20-8-4-13(5-9-20)16(21)22)19-15(18-11)12-2-6-17-7-3-12/h10,12-13,17H,2-9H2,1H3,(H,21,22). The molecular formula is C16H24N4O2. The quantitative estimate of drug-likeness (QED) is 0.882. The van der Waals surface area contributed by atoms with Gasteiger partial charge in [-0.05, 0) is 45.7 Å². The lowest BCUT2D eigenvalue weighted by molar-refractivity contribution is -0.142. The molecule has 2 N–H and O–H groups in total. The van der Waals surface area contributed by atoms with Crippen LogP contribution in [-0.2, 0) is 4.79 Å². The van der Waals surface area contributed by atoms with E-state index in [0.717, 1.165) is 56.4 Å². The van der Waals surface area contributed by atoms with E-state index < -0.39 is 5.97 Å². The van der Waals surface area contributed by atoms with Crippen molar-refractivity contribution >= 4 is 11.8 Å². The molecule has 1 aromatic heterocycles. The van der Waals surface area contributed by atoms with Gasteiger partial charge in [0.25, 0.3) is 0 Å². The molecule has 3 rings (SSSR count). The highest BCUT2D eigenvalue weighted by Gasteiger charge is 2.26. The number of carboxylic acid groups (broad SMARTS) is 1. The van der Waals surface area contributed by atoms with Gasteiger partial charge < -0.3 is 15.3 Å². The van der Waals surface area contributed by atoms with Gasteiger partial charge in [0, 0.05) is 30.8 Å². The second-order valence-corrected chi connectivity index (χ2v) is 6.35. The zero-order chi connectivity index (χ0) is 15.5. The molecule has 3 heterocycles. The SMILES string of the molecule is Cc1cc(N2CCC(C(=O)O)CC2)nc(C2CCNCC2)n1. The van der Waals surface area contributed by atoms with Gasteiger partial charge in [0.2, 0.25) is 0 Å². The molecule has 0 aromatic carbocycles. The molecule has 2 fully saturated rings. The Labute approximate surface area is 131 Å². The molecule has 0 amide bonds. The van der Waals surface area contributed by atoms with Crippen molar-refractivity contribution < 1.29 is 9.90 Å². The van der Waals surface area contributed by atoms with E-state index in [1.54, 1.807) is 0 Å². The lowest BCUT2D eigenvalue weighted by atomic mass is 9.96. The molecular weight excluding hydrogens is 280 g/mol. The van der Waals surface area contributed by atoms with Crippen LogP contribution in [0.3, 0.4) is 0 Å². The van der Waals surface area contributed by atoms with Crippen molar-refractivity contribution in [3.63, 3.8) is 0 Å². The maximum absolute atomic E-state index is 11.1. The van der Waals surface area contributed by atoms with Gasteiger partial charge in [-0.3, -0.25) is 4.79 Å². The molecule has 2 saturated heterocycles. The first kappa shape index (κ1) is 15.2. The van der Waals surface area contributed by atoms with Gasteiger partial charge in [-0.25, -0.2) is 9.97 Å². The molecule has 0 spiro atoms. The summed E-state index contributed by atoms with van der Waals surface area (Å²) in [6.07, 6.45) is 3.57. The van der Waals surface area contributed by atoms with Crippen molar-refractivity contribution in [3.05, 3.63) is 17.6 Å². The Morgan fingerprint density at radius 2 is 1.91 bits per heavy atom. The van der Waals surface area contributed by atoms with Crippen LogP contribution >= 0.6 is 0 Å². The number of carboxylic acids is 1. The highest BCUT2D eigenvalue weighted by atomic mass is 16.4. The van der Waals surface area contributed by atoms with E-state index in [1.807, 2.05) is 13.0 Å². The summed E-state index contributed by atoms with van der Waals surface area (Å²) in [4.78, 5) is 22.7. The Morgan fingerprint density at radius 1 is 1.23 bits per heavy atom. The Morgan fingerprint density at radius 3 is 2.55 bits per heavy atom. The minimum absolute atomic E-state index is 0.205. The fraction of sp³-hybridized carbons (Fsp3) is 0.688. The normalized spacial score (nSPS) is 21.0. The third kappa shape index (κ3) is 3.38. The summed E-state index contributed by atoms with van der Waals surface area (Å²) >= 11 is 0. The van der Waals surface area contributed by atoms with Crippen LogP contribution in [0.25, 0.3) is 0 Å². The molecule has 0 bridgehead atoms. The summed E-state index contributed by atoms with van der Waals surface area (Å²) in [7, 11) is 0. The average molecular weight is 304 g/mol. The minimum atomic E-state index is -0.672. The van der Waals surface area contributed by atoms with Crippen LogP contribution in [0.2, 0.25) is 0 Å². The Balaban J connectivity index is 1.74. The molecule has 0 atom stereocenters. The summed E-state index contributed by atoms with van der Waals surface area (Å²) in [5, 5.41) is 12.5. The van der Waals surface area contributed by atoms with E-state index in [1.165, 1.54) is 0 Å². The number of anilines is 1. The smallest absolute Gasteiger partial charge is 0.306 e. The summed E-state index contributed by atoms with van der Waals surface area (Å²) in [6, 6.07) is 2.02. The lowest BCUT2D eigenvalue weighted by Gasteiger charge is -2.32. The molecule has 0 radical (unpaired) electrons. The molecule has 0 saturated carbocycles. The van der Waals surface area contributed by atoms with Gasteiger partial charge in [0.1, 0.15) is 11.6 Å². The number of piperidine rings is 2. The second-order valence-electron chi connectivity index (χ2n) is 6.35.